The maximum atomic E-state index is 12.4. The van der Waals surface area contributed by atoms with Gasteiger partial charge in [0, 0.05) is 32.7 Å². The van der Waals surface area contributed by atoms with Gasteiger partial charge in [0.05, 0.1) is 6.54 Å². The van der Waals surface area contributed by atoms with Crippen molar-refractivity contribution in [3.05, 3.63) is 35.7 Å². The van der Waals surface area contributed by atoms with Crippen molar-refractivity contribution in [1.82, 2.24) is 20.3 Å². The second kappa shape index (κ2) is 9.14. The van der Waals surface area contributed by atoms with E-state index in [1.54, 1.807) is 4.90 Å². The second-order valence-corrected chi connectivity index (χ2v) is 7.05. The summed E-state index contributed by atoms with van der Waals surface area (Å²) in [7, 11) is 3.64. The van der Waals surface area contributed by atoms with Gasteiger partial charge in [-0.3, -0.25) is 4.79 Å². The molecule has 1 amide bonds. The average molecular weight is 424 g/mol. The zero-order chi connectivity index (χ0) is 21.7. The summed E-state index contributed by atoms with van der Waals surface area (Å²) in [5.41, 5.74) is 0.197. The van der Waals surface area contributed by atoms with Crippen LogP contribution in [-0.2, 0) is 6.54 Å². The lowest BCUT2D eigenvalue weighted by Crippen LogP contribution is -2.32. The molecule has 1 aromatic heterocycles. The third kappa shape index (κ3) is 5.94. The summed E-state index contributed by atoms with van der Waals surface area (Å²) in [5.74, 6) is 0.618. The van der Waals surface area contributed by atoms with Gasteiger partial charge in [-0.2, -0.15) is 15.0 Å². The van der Waals surface area contributed by atoms with Crippen LogP contribution in [0.4, 0.5) is 25.1 Å². The highest BCUT2D eigenvalue weighted by molar-refractivity contribution is 5.94. The number of ether oxygens (including phenoxy) is 1. The number of carbonyl (C=O) groups is 1. The van der Waals surface area contributed by atoms with Crippen LogP contribution in [-0.4, -0.2) is 54.4 Å². The fourth-order valence-electron chi connectivity index (χ4n) is 2.98. The Morgan fingerprint density at radius 3 is 2.37 bits per heavy atom. The van der Waals surface area contributed by atoms with Gasteiger partial charge >= 0.3 is 6.36 Å². The number of piperidine rings is 1. The summed E-state index contributed by atoms with van der Waals surface area (Å²) >= 11 is 0. The second-order valence-electron chi connectivity index (χ2n) is 7.05. The molecule has 30 heavy (non-hydrogen) atoms. The van der Waals surface area contributed by atoms with E-state index < -0.39 is 18.0 Å². The van der Waals surface area contributed by atoms with Crippen molar-refractivity contribution in [3.63, 3.8) is 0 Å². The molecule has 1 N–H and O–H groups in total. The number of rotatable bonds is 6. The largest absolute Gasteiger partial charge is 0.573 e. The first-order valence-electron chi connectivity index (χ1n) is 9.52. The summed E-state index contributed by atoms with van der Waals surface area (Å²) in [6, 6.07) is 4.69. The van der Waals surface area contributed by atoms with Gasteiger partial charge in [-0.25, -0.2) is 0 Å². The van der Waals surface area contributed by atoms with E-state index in [1.165, 1.54) is 18.6 Å². The molecule has 1 aliphatic rings. The summed E-state index contributed by atoms with van der Waals surface area (Å²) < 4.78 is 40.5. The summed E-state index contributed by atoms with van der Waals surface area (Å²) in [5, 5.41) is 2.69. The zero-order valence-electron chi connectivity index (χ0n) is 16.7. The van der Waals surface area contributed by atoms with Crippen LogP contribution in [0.1, 0.15) is 35.4 Å². The van der Waals surface area contributed by atoms with Gasteiger partial charge in [0.15, 0.2) is 5.82 Å². The van der Waals surface area contributed by atoms with Crippen molar-refractivity contribution >= 4 is 17.8 Å². The van der Waals surface area contributed by atoms with Crippen molar-refractivity contribution in [2.24, 2.45) is 0 Å². The Bertz CT molecular complexity index is 868. The van der Waals surface area contributed by atoms with E-state index in [1.807, 2.05) is 14.1 Å². The number of hydrogen-bond acceptors (Lipinski definition) is 7. The number of nitrogens with zero attached hydrogens (tertiary/aromatic N) is 5. The van der Waals surface area contributed by atoms with Crippen LogP contribution in [0.5, 0.6) is 5.75 Å². The Hall–Kier alpha value is -3.11. The standard InChI is InChI=1S/C19H23F3N6O2/c1-27(2)17-24-15(25-18(26-17)28-10-4-3-5-11-28)12-23-16(29)13-6-8-14(9-7-13)30-19(20,21)22/h6-9H,3-5,10-12H2,1-2H3,(H,23,29). The van der Waals surface area contributed by atoms with Crippen molar-refractivity contribution < 1.29 is 22.7 Å². The lowest BCUT2D eigenvalue weighted by atomic mass is 10.1. The fourth-order valence-corrected chi connectivity index (χ4v) is 2.98. The van der Waals surface area contributed by atoms with Crippen LogP contribution in [0.15, 0.2) is 24.3 Å². The molecule has 1 saturated heterocycles. The number of carbonyl (C=O) groups excluding carboxylic acids is 1. The number of aromatic nitrogens is 3. The molecule has 2 aromatic rings. The SMILES string of the molecule is CN(C)c1nc(CNC(=O)c2ccc(OC(F)(F)F)cc2)nc(N2CCCCC2)n1. The van der Waals surface area contributed by atoms with Crippen molar-refractivity contribution in [2.45, 2.75) is 32.2 Å². The number of nitrogens with one attached hydrogen (secondary N) is 1. The molecule has 2 heterocycles. The molecule has 0 spiro atoms. The Labute approximate surface area is 172 Å². The predicted octanol–water partition coefficient (Wildman–Crippen LogP) is 2.76. The molecule has 11 heteroatoms. The number of amides is 1. The topological polar surface area (TPSA) is 83.5 Å². The molecular weight excluding hydrogens is 401 g/mol. The Morgan fingerprint density at radius 1 is 1.10 bits per heavy atom. The normalized spacial score (nSPS) is 14.4. The lowest BCUT2D eigenvalue weighted by molar-refractivity contribution is -0.274. The van der Waals surface area contributed by atoms with Crippen LogP contribution in [0.2, 0.25) is 0 Å². The summed E-state index contributed by atoms with van der Waals surface area (Å²) in [6.07, 6.45) is -1.46. The van der Waals surface area contributed by atoms with E-state index in [4.69, 9.17) is 0 Å². The number of alkyl halides is 3. The quantitative estimate of drug-likeness (QED) is 0.763. The highest BCUT2D eigenvalue weighted by atomic mass is 19.4. The number of hydrogen-bond donors (Lipinski definition) is 1. The van der Waals surface area contributed by atoms with E-state index in [2.05, 4.69) is 29.9 Å². The first kappa shape index (κ1) is 21.6. The van der Waals surface area contributed by atoms with Gasteiger partial charge in [0.1, 0.15) is 5.75 Å². The molecule has 0 bridgehead atoms. The highest BCUT2D eigenvalue weighted by Crippen LogP contribution is 2.23. The maximum absolute atomic E-state index is 12.4. The highest BCUT2D eigenvalue weighted by Gasteiger charge is 2.31. The lowest BCUT2D eigenvalue weighted by Gasteiger charge is -2.27. The van der Waals surface area contributed by atoms with Gasteiger partial charge in [0.2, 0.25) is 11.9 Å². The molecule has 0 unspecified atom stereocenters. The van der Waals surface area contributed by atoms with E-state index in [-0.39, 0.29) is 12.1 Å². The molecule has 0 atom stereocenters. The summed E-state index contributed by atoms with van der Waals surface area (Å²) in [4.78, 5) is 29.6. The van der Waals surface area contributed by atoms with E-state index in [9.17, 15) is 18.0 Å². The van der Waals surface area contributed by atoms with Crippen LogP contribution >= 0.6 is 0 Å². The van der Waals surface area contributed by atoms with Gasteiger partial charge in [-0.15, -0.1) is 13.2 Å². The van der Waals surface area contributed by atoms with Crippen LogP contribution in [0, 0.1) is 0 Å². The minimum atomic E-state index is -4.78. The maximum Gasteiger partial charge on any atom is 0.573 e. The molecular formula is C19H23F3N6O2. The van der Waals surface area contributed by atoms with Crippen LogP contribution in [0.25, 0.3) is 0 Å². The molecule has 3 rings (SSSR count). The third-order valence-corrected chi connectivity index (χ3v) is 4.45. The number of benzene rings is 1. The number of anilines is 2. The zero-order valence-corrected chi connectivity index (χ0v) is 16.7. The predicted molar refractivity (Wildman–Crippen MR) is 105 cm³/mol. The van der Waals surface area contributed by atoms with E-state index in [0.29, 0.717) is 17.7 Å². The molecule has 0 radical (unpaired) electrons. The third-order valence-electron chi connectivity index (χ3n) is 4.45. The van der Waals surface area contributed by atoms with Crippen LogP contribution < -0.4 is 19.9 Å². The number of halogens is 3. The van der Waals surface area contributed by atoms with Crippen molar-refractivity contribution in [1.29, 1.82) is 0 Å². The molecule has 1 aliphatic heterocycles. The Morgan fingerprint density at radius 2 is 1.77 bits per heavy atom. The van der Waals surface area contributed by atoms with Crippen LogP contribution in [0.3, 0.4) is 0 Å². The van der Waals surface area contributed by atoms with Gasteiger partial charge in [-0.1, -0.05) is 0 Å². The first-order chi connectivity index (χ1) is 14.2. The minimum absolute atomic E-state index is 0.0594. The molecule has 162 valence electrons. The molecule has 0 aliphatic carbocycles. The fraction of sp³-hybridized carbons (Fsp3) is 0.474. The van der Waals surface area contributed by atoms with Gasteiger partial charge < -0.3 is 19.9 Å². The van der Waals surface area contributed by atoms with Gasteiger partial charge in [0.25, 0.3) is 5.91 Å². The summed E-state index contributed by atoms with van der Waals surface area (Å²) in [6.45, 7) is 1.80. The monoisotopic (exact) mass is 424 g/mol. The molecule has 0 saturated carbocycles. The first-order valence-corrected chi connectivity index (χ1v) is 9.52. The van der Waals surface area contributed by atoms with Crippen molar-refractivity contribution in [2.75, 3.05) is 37.0 Å². The minimum Gasteiger partial charge on any atom is -0.406 e. The van der Waals surface area contributed by atoms with E-state index >= 15 is 0 Å². The van der Waals surface area contributed by atoms with Gasteiger partial charge in [-0.05, 0) is 43.5 Å². The smallest absolute Gasteiger partial charge is 0.406 e. The van der Waals surface area contributed by atoms with E-state index in [0.717, 1.165) is 38.1 Å². The average Bonchev–Trinajstić information content (AvgIpc) is 2.72. The Balaban J connectivity index is 1.68. The molecule has 1 fully saturated rings. The molecule has 8 nitrogen and oxygen atoms in total. The Kier molecular flexibility index (Phi) is 6.58. The van der Waals surface area contributed by atoms with Crippen molar-refractivity contribution in [3.8, 4) is 5.75 Å². The molecule has 1 aromatic carbocycles.